The van der Waals surface area contributed by atoms with E-state index >= 15 is 0 Å². The lowest BCUT2D eigenvalue weighted by Gasteiger charge is -2.08. The van der Waals surface area contributed by atoms with Crippen molar-refractivity contribution in [1.82, 2.24) is 10.8 Å². The molecule has 22 heavy (non-hydrogen) atoms. The van der Waals surface area contributed by atoms with Crippen LogP contribution in [0.5, 0.6) is 0 Å². The van der Waals surface area contributed by atoms with Gasteiger partial charge < -0.3 is 5.32 Å². The third-order valence-electron chi connectivity index (χ3n) is 3.09. The van der Waals surface area contributed by atoms with Gasteiger partial charge in [-0.05, 0) is 35.9 Å². The van der Waals surface area contributed by atoms with E-state index < -0.39 is 0 Å². The molecule has 0 saturated heterocycles. The first-order valence-corrected chi connectivity index (χ1v) is 8.53. The molecule has 1 aliphatic rings. The second-order valence-electron chi connectivity index (χ2n) is 4.66. The molecule has 0 saturated carbocycles. The quantitative estimate of drug-likeness (QED) is 0.821. The summed E-state index contributed by atoms with van der Waals surface area (Å²) < 4.78 is 1.62. The van der Waals surface area contributed by atoms with E-state index in [-0.39, 0.29) is 12.0 Å². The predicted molar refractivity (Wildman–Crippen MR) is 91.8 cm³/mol. The third-order valence-corrected chi connectivity index (χ3v) is 4.85. The Bertz CT molecular complexity index is 715. The van der Waals surface area contributed by atoms with Gasteiger partial charge in [-0.25, -0.2) is 0 Å². The largest absolute Gasteiger partial charge is 0.348 e. The lowest BCUT2D eigenvalue weighted by molar-refractivity contribution is 0.0499. The number of amides is 1. The summed E-state index contributed by atoms with van der Waals surface area (Å²) >= 11 is 10.5. The highest BCUT2D eigenvalue weighted by Crippen LogP contribution is 2.22. The van der Waals surface area contributed by atoms with Crippen LogP contribution >= 0.6 is 38.9 Å². The van der Waals surface area contributed by atoms with Gasteiger partial charge in [-0.2, -0.15) is 0 Å². The van der Waals surface area contributed by atoms with Crippen molar-refractivity contribution in [3.63, 3.8) is 0 Å². The molecule has 2 N–H and O–H groups in total. The Balaban J connectivity index is 1.58. The average Bonchev–Trinajstić information content (AvgIpc) is 3.15. The minimum Gasteiger partial charge on any atom is -0.348 e. The zero-order chi connectivity index (χ0) is 15.5. The van der Waals surface area contributed by atoms with E-state index in [4.69, 9.17) is 16.4 Å². The van der Waals surface area contributed by atoms with Gasteiger partial charge in [0, 0.05) is 4.47 Å². The van der Waals surface area contributed by atoms with Gasteiger partial charge in [0.05, 0.1) is 21.5 Å². The zero-order valence-corrected chi connectivity index (χ0v) is 14.5. The molecule has 1 aromatic carbocycles. The van der Waals surface area contributed by atoms with Crippen molar-refractivity contribution in [3.8, 4) is 0 Å². The Morgan fingerprint density at radius 3 is 2.77 bits per heavy atom. The zero-order valence-electron chi connectivity index (χ0n) is 11.3. The summed E-state index contributed by atoms with van der Waals surface area (Å²) in [5.74, 6) is -0.147. The molecule has 3 rings (SSSR count). The fraction of sp³-hybridized carbons (Fsp3) is 0.133. The molecule has 114 valence electrons. The fourth-order valence-electron chi connectivity index (χ4n) is 2.00. The Labute approximate surface area is 145 Å². The standard InChI is InChI=1S/C15H12BrClN2O2S/c16-10-3-1-9(2-4-10)12-7-11(21-19-12)8-18-15(20)13-5-6-14(17)22-13/h1-7,11,19H,8H2,(H,18,20). The first kappa shape index (κ1) is 15.6. The van der Waals surface area contributed by atoms with Crippen molar-refractivity contribution in [2.24, 2.45) is 0 Å². The molecule has 1 amide bonds. The molecule has 1 unspecified atom stereocenters. The lowest BCUT2D eigenvalue weighted by atomic mass is 10.1. The normalized spacial score (nSPS) is 17.0. The summed E-state index contributed by atoms with van der Waals surface area (Å²) in [7, 11) is 0. The van der Waals surface area contributed by atoms with Crippen LogP contribution in [-0.4, -0.2) is 18.6 Å². The Kier molecular flexibility index (Phi) is 4.83. The van der Waals surface area contributed by atoms with E-state index in [0.717, 1.165) is 15.7 Å². The topological polar surface area (TPSA) is 50.4 Å². The van der Waals surface area contributed by atoms with Gasteiger partial charge in [0.15, 0.2) is 0 Å². The second-order valence-corrected chi connectivity index (χ2v) is 7.29. The van der Waals surface area contributed by atoms with Crippen LogP contribution in [0.3, 0.4) is 0 Å². The van der Waals surface area contributed by atoms with E-state index in [9.17, 15) is 4.79 Å². The van der Waals surface area contributed by atoms with Crippen molar-refractivity contribution < 1.29 is 9.63 Å². The Morgan fingerprint density at radius 2 is 2.09 bits per heavy atom. The number of halogens is 2. The van der Waals surface area contributed by atoms with Gasteiger partial charge >= 0.3 is 0 Å². The van der Waals surface area contributed by atoms with Crippen LogP contribution in [0.25, 0.3) is 5.70 Å². The van der Waals surface area contributed by atoms with Crippen molar-refractivity contribution in [2.75, 3.05) is 6.54 Å². The number of benzene rings is 1. The Morgan fingerprint density at radius 1 is 1.32 bits per heavy atom. The second kappa shape index (κ2) is 6.83. The molecule has 7 heteroatoms. The number of hydroxylamine groups is 1. The highest BCUT2D eigenvalue weighted by molar-refractivity contribution is 9.10. The highest BCUT2D eigenvalue weighted by atomic mass is 79.9. The van der Waals surface area contributed by atoms with Crippen molar-refractivity contribution >= 4 is 50.5 Å². The SMILES string of the molecule is O=C(NCC1C=C(c2ccc(Br)cc2)NO1)c1ccc(Cl)s1. The molecule has 2 heterocycles. The number of carbonyl (C=O) groups is 1. The van der Waals surface area contributed by atoms with Gasteiger partial charge in [-0.15, -0.1) is 11.3 Å². The third kappa shape index (κ3) is 3.70. The first-order chi connectivity index (χ1) is 10.6. The summed E-state index contributed by atoms with van der Waals surface area (Å²) in [5.41, 5.74) is 4.81. The summed E-state index contributed by atoms with van der Waals surface area (Å²) in [6.07, 6.45) is 1.74. The molecular weight excluding hydrogens is 388 g/mol. The first-order valence-electron chi connectivity index (χ1n) is 6.55. The number of hydrogen-bond donors (Lipinski definition) is 2. The molecule has 0 fully saturated rings. The van der Waals surface area contributed by atoms with Crippen LogP contribution in [0.4, 0.5) is 0 Å². The molecule has 1 aromatic heterocycles. The van der Waals surface area contributed by atoms with Gasteiger partial charge in [-0.3, -0.25) is 15.1 Å². The molecule has 0 radical (unpaired) electrons. The van der Waals surface area contributed by atoms with E-state index in [1.165, 1.54) is 11.3 Å². The maximum absolute atomic E-state index is 11.9. The molecule has 0 spiro atoms. The summed E-state index contributed by atoms with van der Waals surface area (Å²) in [4.78, 5) is 18.0. The number of nitrogens with one attached hydrogen (secondary N) is 2. The number of rotatable bonds is 4. The maximum Gasteiger partial charge on any atom is 0.261 e. The molecular formula is C15H12BrClN2O2S. The maximum atomic E-state index is 11.9. The monoisotopic (exact) mass is 398 g/mol. The van der Waals surface area contributed by atoms with Gasteiger partial charge in [0.25, 0.3) is 5.91 Å². The van der Waals surface area contributed by atoms with Crippen molar-refractivity contribution in [1.29, 1.82) is 0 Å². The molecule has 1 aliphatic heterocycles. The Hall–Kier alpha value is -1.34. The lowest BCUT2D eigenvalue weighted by Crippen LogP contribution is -2.31. The number of thiophene rings is 1. The number of hydrogen-bond acceptors (Lipinski definition) is 4. The minimum atomic E-state index is -0.210. The summed E-state index contributed by atoms with van der Waals surface area (Å²) in [6.45, 7) is 0.390. The van der Waals surface area contributed by atoms with Crippen molar-refractivity contribution in [2.45, 2.75) is 6.10 Å². The summed E-state index contributed by atoms with van der Waals surface area (Å²) in [5, 5.41) is 2.83. The number of carbonyl (C=O) groups excluding carboxylic acids is 1. The summed E-state index contributed by atoms with van der Waals surface area (Å²) in [6, 6.07) is 11.3. The molecule has 1 atom stereocenters. The molecule has 0 aliphatic carbocycles. The van der Waals surface area contributed by atoms with E-state index in [2.05, 4.69) is 26.7 Å². The van der Waals surface area contributed by atoms with E-state index in [0.29, 0.717) is 15.8 Å². The van der Waals surface area contributed by atoms with E-state index in [1.807, 2.05) is 30.3 Å². The smallest absolute Gasteiger partial charge is 0.261 e. The molecule has 4 nitrogen and oxygen atoms in total. The van der Waals surface area contributed by atoms with Crippen molar-refractivity contribution in [3.05, 3.63) is 61.7 Å². The van der Waals surface area contributed by atoms with Crippen LogP contribution in [0.2, 0.25) is 4.34 Å². The fourth-order valence-corrected chi connectivity index (χ4v) is 3.22. The molecule has 2 aromatic rings. The van der Waals surface area contributed by atoms with Gasteiger partial charge in [0.2, 0.25) is 0 Å². The van der Waals surface area contributed by atoms with Crippen LogP contribution in [0.1, 0.15) is 15.2 Å². The highest BCUT2D eigenvalue weighted by Gasteiger charge is 2.19. The average molecular weight is 400 g/mol. The predicted octanol–water partition coefficient (Wildman–Crippen LogP) is 3.84. The van der Waals surface area contributed by atoms with Crippen LogP contribution < -0.4 is 10.8 Å². The van der Waals surface area contributed by atoms with Crippen LogP contribution in [0, 0.1) is 0 Å². The van der Waals surface area contributed by atoms with Crippen LogP contribution in [0.15, 0.2) is 46.9 Å². The van der Waals surface area contributed by atoms with Crippen LogP contribution in [-0.2, 0) is 4.84 Å². The van der Waals surface area contributed by atoms with Gasteiger partial charge in [-0.1, -0.05) is 39.7 Å². The van der Waals surface area contributed by atoms with E-state index in [1.54, 1.807) is 12.1 Å². The molecule has 0 bridgehead atoms. The minimum absolute atomic E-state index is 0.147. The van der Waals surface area contributed by atoms with Gasteiger partial charge in [0.1, 0.15) is 6.10 Å².